The Balaban J connectivity index is 1.81. The van der Waals surface area contributed by atoms with Crippen molar-refractivity contribution in [1.82, 2.24) is 4.98 Å². The number of nitrogens with zero attached hydrogens (tertiary/aromatic N) is 2. The van der Waals surface area contributed by atoms with Gasteiger partial charge in [0.2, 0.25) is 0 Å². The van der Waals surface area contributed by atoms with Crippen molar-refractivity contribution < 1.29 is 19.2 Å². The Morgan fingerprint density at radius 2 is 1.87 bits per heavy atom. The third-order valence-electron chi connectivity index (χ3n) is 4.27. The first kappa shape index (κ1) is 20.5. The molecule has 8 heteroatoms. The van der Waals surface area contributed by atoms with Crippen LogP contribution < -0.4 is 14.8 Å². The van der Waals surface area contributed by atoms with E-state index in [9.17, 15) is 14.9 Å². The number of anilines is 2. The number of carbonyl (C=O) groups is 1. The summed E-state index contributed by atoms with van der Waals surface area (Å²) in [5, 5.41) is 14.4. The minimum absolute atomic E-state index is 0.0961. The van der Waals surface area contributed by atoms with Crippen molar-refractivity contribution in [3.05, 3.63) is 88.1 Å². The fourth-order valence-corrected chi connectivity index (χ4v) is 2.72. The second-order valence-corrected chi connectivity index (χ2v) is 6.14. The lowest BCUT2D eigenvalue weighted by Crippen LogP contribution is -2.00. The molecule has 1 heterocycles. The van der Waals surface area contributed by atoms with E-state index in [1.807, 2.05) is 24.3 Å². The third kappa shape index (κ3) is 4.79. The molecule has 0 bridgehead atoms. The van der Waals surface area contributed by atoms with Gasteiger partial charge in [0, 0.05) is 29.1 Å². The molecule has 30 heavy (non-hydrogen) atoms. The van der Waals surface area contributed by atoms with Gasteiger partial charge in [-0.2, -0.15) is 0 Å². The predicted molar refractivity (Wildman–Crippen MR) is 114 cm³/mol. The predicted octanol–water partition coefficient (Wildman–Crippen LogP) is 4.65. The summed E-state index contributed by atoms with van der Waals surface area (Å²) in [5.74, 6) is 1.02. The lowest BCUT2D eigenvalue weighted by molar-refractivity contribution is -0.385. The molecule has 0 amide bonds. The van der Waals surface area contributed by atoms with Gasteiger partial charge in [0.1, 0.15) is 11.6 Å². The Bertz CT molecular complexity index is 1090. The highest BCUT2D eigenvalue weighted by Gasteiger charge is 2.17. The second kappa shape index (κ2) is 9.33. The van der Waals surface area contributed by atoms with Gasteiger partial charge >= 0.3 is 5.69 Å². The van der Waals surface area contributed by atoms with Gasteiger partial charge < -0.3 is 14.8 Å². The van der Waals surface area contributed by atoms with Crippen LogP contribution in [0.25, 0.3) is 6.08 Å². The van der Waals surface area contributed by atoms with E-state index in [0.29, 0.717) is 11.4 Å². The molecule has 0 radical (unpaired) electrons. The zero-order chi connectivity index (χ0) is 21.5. The molecule has 1 N–H and O–H groups in total. The summed E-state index contributed by atoms with van der Waals surface area (Å²) in [4.78, 5) is 27.4. The minimum atomic E-state index is -0.586. The van der Waals surface area contributed by atoms with Gasteiger partial charge in [0.15, 0.2) is 11.5 Å². The first-order valence-electron chi connectivity index (χ1n) is 8.92. The molecule has 152 valence electrons. The van der Waals surface area contributed by atoms with Crippen LogP contribution in [0.1, 0.15) is 15.9 Å². The van der Waals surface area contributed by atoms with Crippen LogP contribution in [0.15, 0.2) is 66.9 Å². The number of nitro groups is 1. The van der Waals surface area contributed by atoms with Crippen LogP contribution in [0, 0.1) is 10.1 Å². The van der Waals surface area contributed by atoms with Crippen LogP contribution in [-0.4, -0.2) is 29.9 Å². The van der Waals surface area contributed by atoms with Crippen LogP contribution in [0.4, 0.5) is 17.2 Å². The monoisotopic (exact) mass is 405 g/mol. The molecule has 8 nitrogen and oxygen atoms in total. The van der Waals surface area contributed by atoms with Gasteiger partial charge in [-0.25, -0.2) is 4.98 Å². The number of aromatic nitrogens is 1. The summed E-state index contributed by atoms with van der Waals surface area (Å²) in [6.45, 7) is 0. The molecule has 0 spiro atoms. The largest absolute Gasteiger partial charge is 0.497 e. The van der Waals surface area contributed by atoms with E-state index in [2.05, 4.69) is 10.3 Å². The van der Waals surface area contributed by atoms with Gasteiger partial charge in [0.05, 0.1) is 19.1 Å². The number of nitrogens with one attached hydrogen (secondary N) is 1. The number of hydrogen-bond acceptors (Lipinski definition) is 7. The maximum atomic E-state index is 12.5. The number of ether oxygens (including phenoxy) is 2. The van der Waals surface area contributed by atoms with E-state index in [1.165, 1.54) is 31.4 Å². The van der Waals surface area contributed by atoms with E-state index < -0.39 is 4.92 Å². The standard InChI is InChI=1S/C22H19N3O5/c1-29-18-9-7-17(8-10-18)24-22-15(4-3-13-23-22)5-11-20(26)16-6-12-21(30-2)19(14-16)25(27)28/h3-14H,1-2H3,(H,23,24). The molecular formula is C22H19N3O5. The molecule has 3 aromatic rings. The Labute approximate surface area is 172 Å². The van der Waals surface area contributed by atoms with Crippen molar-refractivity contribution in [2.45, 2.75) is 0 Å². The van der Waals surface area contributed by atoms with E-state index in [4.69, 9.17) is 9.47 Å². The summed E-state index contributed by atoms with van der Waals surface area (Å²) >= 11 is 0. The fraction of sp³-hybridized carbons (Fsp3) is 0.0909. The topological polar surface area (TPSA) is 104 Å². The normalized spacial score (nSPS) is 10.6. The Morgan fingerprint density at radius 3 is 2.53 bits per heavy atom. The highest BCUT2D eigenvalue weighted by atomic mass is 16.6. The maximum Gasteiger partial charge on any atom is 0.311 e. The number of methoxy groups -OCH3 is 2. The molecule has 1 aromatic heterocycles. The number of rotatable bonds is 8. The molecule has 0 saturated heterocycles. The smallest absolute Gasteiger partial charge is 0.311 e. The van der Waals surface area contributed by atoms with Crippen molar-refractivity contribution in [2.75, 3.05) is 19.5 Å². The van der Waals surface area contributed by atoms with E-state index >= 15 is 0 Å². The number of nitro benzene ring substituents is 1. The first-order chi connectivity index (χ1) is 14.5. The summed E-state index contributed by atoms with van der Waals surface area (Å²) in [6.07, 6.45) is 4.59. The highest BCUT2D eigenvalue weighted by Crippen LogP contribution is 2.28. The van der Waals surface area contributed by atoms with Crippen molar-refractivity contribution in [3.8, 4) is 11.5 Å². The number of benzene rings is 2. The Kier molecular flexibility index (Phi) is 6.39. The first-order valence-corrected chi connectivity index (χ1v) is 8.92. The molecule has 2 aromatic carbocycles. The molecular weight excluding hydrogens is 386 g/mol. The second-order valence-electron chi connectivity index (χ2n) is 6.14. The Morgan fingerprint density at radius 1 is 1.10 bits per heavy atom. The summed E-state index contributed by atoms with van der Waals surface area (Å²) in [6, 6.07) is 15.0. The van der Waals surface area contributed by atoms with Crippen LogP contribution >= 0.6 is 0 Å². The van der Waals surface area contributed by atoms with Crippen LogP contribution in [0.2, 0.25) is 0 Å². The van der Waals surface area contributed by atoms with E-state index in [-0.39, 0.29) is 22.8 Å². The number of hydrogen-bond donors (Lipinski definition) is 1. The molecule has 0 fully saturated rings. The molecule has 0 aliphatic carbocycles. The number of carbonyl (C=O) groups excluding carboxylic acids is 1. The highest BCUT2D eigenvalue weighted by molar-refractivity contribution is 6.07. The van der Waals surface area contributed by atoms with Crippen molar-refractivity contribution in [3.63, 3.8) is 0 Å². The summed E-state index contributed by atoms with van der Waals surface area (Å²) in [5.41, 5.74) is 1.42. The quantitative estimate of drug-likeness (QED) is 0.252. The summed E-state index contributed by atoms with van der Waals surface area (Å²) < 4.78 is 10.1. The lowest BCUT2D eigenvalue weighted by atomic mass is 10.1. The fourth-order valence-electron chi connectivity index (χ4n) is 2.72. The Hall–Kier alpha value is -4.20. The number of ketones is 1. The minimum Gasteiger partial charge on any atom is -0.497 e. The van der Waals surface area contributed by atoms with Crippen LogP contribution in [0.5, 0.6) is 11.5 Å². The van der Waals surface area contributed by atoms with Crippen molar-refractivity contribution in [2.24, 2.45) is 0 Å². The van der Waals surface area contributed by atoms with Crippen molar-refractivity contribution in [1.29, 1.82) is 0 Å². The molecule has 3 rings (SSSR count). The van der Waals surface area contributed by atoms with Gasteiger partial charge in [0.25, 0.3) is 0 Å². The zero-order valence-corrected chi connectivity index (χ0v) is 16.4. The van der Waals surface area contributed by atoms with Crippen LogP contribution in [-0.2, 0) is 0 Å². The van der Waals surface area contributed by atoms with Gasteiger partial charge in [-0.15, -0.1) is 0 Å². The van der Waals surface area contributed by atoms with Gasteiger partial charge in [-0.05, 0) is 60.7 Å². The van der Waals surface area contributed by atoms with Crippen LogP contribution in [0.3, 0.4) is 0 Å². The molecule has 0 unspecified atom stereocenters. The lowest BCUT2D eigenvalue weighted by Gasteiger charge is -2.09. The van der Waals surface area contributed by atoms with Gasteiger partial charge in [-0.1, -0.05) is 0 Å². The number of pyridine rings is 1. The zero-order valence-electron chi connectivity index (χ0n) is 16.4. The number of allylic oxidation sites excluding steroid dienone is 1. The average Bonchev–Trinajstić information content (AvgIpc) is 2.78. The summed E-state index contributed by atoms with van der Waals surface area (Å²) in [7, 11) is 2.93. The van der Waals surface area contributed by atoms with E-state index in [0.717, 1.165) is 11.4 Å². The average molecular weight is 405 g/mol. The van der Waals surface area contributed by atoms with Gasteiger partial charge in [-0.3, -0.25) is 14.9 Å². The molecule has 0 saturated carbocycles. The van der Waals surface area contributed by atoms with Crippen molar-refractivity contribution >= 4 is 29.1 Å². The maximum absolute atomic E-state index is 12.5. The van der Waals surface area contributed by atoms with E-state index in [1.54, 1.807) is 31.5 Å². The third-order valence-corrected chi connectivity index (χ3v) is 4.27. The SMILES string of the molecule is COc1ccc(Nc2ncccc2C=CC(=O)c2ccc(OC)c([N+](=O)[O-])c2)cc1. The molecule has 0 aliphatic heterocycles. The molecule has 0 atom stereocenters. The molecule has 0 aliphatic rings.